The fourth-order valence-corrected chi connectivity index (χ4v) is 4.18. The van der Waals surface area contributed by atoms with E-state index in [1.54, 1.807) is 36.3 Å². The quantitative estimate of drug-likeness (QED) is 0.546. The van der Waals surface area contributed by atoms with Gasteiger partial charge in [0.15, 0.2) is 0 Å². The lowest BCUT2D eigenvalue weighted by atomic mass is 10.1. The van der Waals surface area contributed by atoms with Crippen LogP contribution in [0.15, 0.2) is 42.5 Å². The van der Waals surface area contributed by atoms with E-state index in [1.807, 2.05) is 18.2 Å². The Bertz CT molecular complexity index is 1170. The second kappa shape index (κ2) is 10.2. The summed E-state index contributed by atoms with van der Waals surface area (Å²) in [5.41, 5.74) is 9.26. The van der Waals surface area contributed by atoms with Crippen molar-refractivity contribution in [2.45, 2.75) is 0 Å². The smallest absolute Gasteiger partial charge is 0.254 e. The molecule has 3 heterocycles. The molecule has 3 aromatic rings. The Morgan fingerprint density at radius 3 is 2.31 bits per heavy atom. The highest BCUT2D eigenvalue weighted by molar-refractivity contribution is 5.94. The number of nitrogens with two attached hydrogens (primary N) is 1. The van der Waals surface area contributed by atoms with Crippen molar-refractivity contribution in [2.24, 2.45) is 0 Å². The van der Waals surface area contributed by atoms with Crippen molar-refractivity contribution in [2.75, 3.05) is 75.7 Å². The molecule has 0 atom stereocenters. The first-order valence-electron chi connectivity index (χ1n) is 11.6. The van der Waals surface area contributed by atoms with Gasteiger partial charge in [-0.05, 0) is 36.4 Å². The van der Waals surface area contributed by atoms with Crippen LogP contribution >= 0.6 is 0 Å². The van der Waals surface area contributed by atoms with Gasteiger partial charge in [0.05, 0.1) is 44.9 Å². The molecule has 2 aliphatic heterocycles. The molecule has 11 heteroatoms. The van der Waals surface area contributed by atoms with Crippen molar-refractivity contribution in [1.82, 2.24) is 19.7 Å². The van der Waals surface area contributed by atoms with Crippen LogP contribution in [0.25, 0.3) is 5.69 Å². The van der Waals surface area contributed by atoms with Crippen LogP contribution in [0.2, 0.25) is 0 Å². The normalized spacial score (nSPS) is 16.3. The second-order valence-corrected chi connectivity index (χ2v) is 8.27. The van der Waals surface area contributed by atoms with Crippen LogP contribution < -0.4 is 20.7 Å². The van der Waals surface area contributed by atoms with Crippen LogP contribution in [0.1, 0.15) is 10.4 Å². The summed E-state index contributed by atoms with van der Waals surface area (Å²) in [5, 5.41) is 7.70. The first-order valence-corrected chi connectivity index (χ1v) is 11.6. The fourth-order valence-electron chi connectivity index (χ4n) is 4.18. The number of methoxy groups -OCH3 is 1. The number of morpholine rings is 2. The maximum absolute atomic E-state index is 12.7. The lowest BCUT2D eigenvalue weighted by Gasteiger charge is -2.29. The molecule has 0 saturated carbocycles. The van der Waals surface area contributed by atoms with Crippen molar-refractivity contribution in [3.8, 4) is 11.4 Å². The lowest BCUT2D eigenvalue weighted by molar-refractivity contribution is 0.0303. The monoisotopic (exact) mass is 479 g/mol. The van der Waals surface area contributed by atoms with Gasteiger partial charge < -0.3 is 35.1 Å². The van der Waals surface area contributed by atoms with Crippen molar-refractivity contribution in [1.29, 1.82) is 0 Å². The first kappa shape index (κ1) is 22.9. The molecule has 11 nitrogen and oxygen atoms in total. The number of benzene rings is 2. The number of carbonyl (C=O) groups is 1. The third kappa shape index (κ3) is 5.00. The summed E-state index contributed by atoms with van der Waals surface area (Å²) in [6, 6.07) is 13.1. The van der Waals surface area contributed by atoms with Gasteiger partial charge in [0.2, 0.25) is 11.9 Å². The fraction of sp³-hybridized carbons (Fsp3) is 0.375. The van der Waals surface area contributed by atoms with Gasteiger partial charge in [0.25, 0.3) is 5.91 Å². The third-order valence-corrected chi connectivity index (χ3v) is 6.10. The number of hydrogen-bond acceptors (Lipinski definition) is 9. The van der Waals surface area contributed by atoms with Crippen molar-refractivity contribution in [3.05, 3.63) is 48.0 Å². The van der Waals surface area contributed by atoms with E-state index in [-0.39, 0.29) is 11.9 Å². The van der Waals surface area contributed by atoms with E-state index >= 15 is 0 Å². The number of nitrogens with one attached hydrogen (secondary N) is 1. The number of amides is 1. The summed E-state index contributed by atoms with van der Waals surface area (Å²) in [5.74, 6) is 1.23. The highest BCUT2D eigenvalue weighted by Crippen LogP contribution is 2.32. The molecule has 0 unspecified atom stereocenters. The van der Waals surface area contributed by atoms with E-state index in [2.05, 4.69) is 20.3 Å². The predicted octanol–water partition coefficient (Wildman–Crippen LogP) is 1.91. The van der Waals surface area contributed by atoms with Crippen molar-refractivity contribution >= 4 is 29.2 Å². The molecule has 0 radical (unpaired) electrons. The molecule has 2 aromatic carbocycles. The minimum Gasteiger partial charge on any atom is -0.494 e. The summed E-state index contributed by atoms with van der Waals surface area (Å²) in [7, 11) is 1.63. The maximum atomic E-state index is 12.7. The highest BCUT2D eigenvalue weighted by Gasteiger charge is 2.19. The van der Waals surface area contributed by atoms with E-state index in [4.69, 9.17) is 19.9 Å². The summed E-state index contributed by atoms with van der Waals surface area (Å²) < 4.78 is 17.9. The molecule has 35 heavy (non-hydrogen) atoms. The van der Waals surface area contributed by atoms with Gasteiger partial charge in [0.1, 0.15) is 5.75 Å². The van der Waals surface area contributed by atoms with Crippen LogP contribution in [-0.4, -0.2) is 85.3 Å². The molecule has 2 fully saturated rings. The number of nitrogen functional groups attached to an aromatic ring is 1. The molecule has 1 amide bonds. The Labute approximate surface area is 203 Å². The molecular formula is C24H29N7O4. The molecule has 1 aromatic heterocycles. The minimum absolute atomic E-state index is 0.0126. The largest absolute Gasteiger partial charge is 0.494 e. The van der Waals surface area contributed by atoms with Gasteiger partial charge in [-0.3, -0.25) is 4.79 Å². The topological polar surface area (TPSA) is 120 Å². The van der Waals surface area contributed by atoms with E-state index in [9.17, 15) is 4.79 Å². The zero-order chi connectivity index (χ0) is 24.2. The summed E-state index contributed by atoms with van der Waals surface area (Å²) in [6.45, 7) is 5.44. The van der Waals surface area contributed by atoms with Crippen LogP contribution in [0.3, 0.4) is 0 Å². The minimum atomic E-state index is -0.0126. The first-order chi connectivity index (χ1) is 17.1. The third-order valence-electron chi connectivity index (χ3n) is 6.10. The Kier molecular flexibility index (Phi) is 6.68. The van der Waals surface area contributed by atoms with Gasteiger partial charge in [-0.25, -0.2) is 0 Å². The number of nitrogens with zero attached hydrogens (tertiary/aromatic N) is 5. The number of carbonyl (C=O) groups excluding carboxylic acids is 1. The van der Waals surface area contributed by atoms with Crippen molar-refractivity contribution in [3.63, 3.8) is 0 Å². The second-order valence-electron chi connectivity index (χ2n) is 8.27. The van der Waals surface area contributed by atoms with Gasteiger partial charge in [-0.15, -0.1) is 5.10 Å². The van der Waals surface area contributed by atoms with Crippen LogP contribution in [0, 0.1) is 0 Å². The molecule has 0 spiro atoms. The zero-order valence-corrected chi connectivity index (χ0v) is 19.6. The molecule has 184 valence electrons. The average Bonchev–Trinajstić information content (AvgIpc) is 3.29. The molecule has 0 aliphatic carbocycles. The van der Waals surface area contributed by atoms with E-state index in [0.29, 0.717) is 62.5 Å². The van der Waals surface area contributed by atoms with E-state index < -0.39 is 0 Å². The number of hydrogen-bond donors (Lipinski definition) is 2. The number of aromatic nitrogens is 3. The Hall–Kier alpha value is -3.83. The molecule has 2 aliphatic rings. The van der Waals surface area contributed by atoms with Crippen LogP contribution in [-0.2, 0) is 9.47 Å². The molecule has 0 bridgehead atoms. The average molecular weight is 480 g/mol. The van der Waals surface area contributed by atoms with Crippen LogP contribution in [0.4, 0.5) is 23.3 Å². The van der Waals surface area contributed by atoms with Gasteiger partial charge in [0, 0.05) is 43.5 Å². The van der Waals surface area contributed by atoms with Gasteiger partial charge >= 0.3 is 0 Å². The Morgan fingerprint density at radius 1 is 0.971 bits per heavy atom. The molecule has 5 rings (SSSR count). The molecule has 2 saturated heterocycles. The Balaban J connectivity index is 1.31. The highest BCUT2D eigenvalue weighted by atomic mass is 16.5. The van der Waals surface area contributed by atoms with E-state index in [0.717, 1.165) is 24.5 Å². The van der Waals surface area contributed by atoms with Gasteiger partial charge in [-0.1, -0.05) is 0 Å². The number of ether oxygens (including phenoxy) is 3. The van der Waals surface area contributed by atoms with E-state index in [1.165, 1.54) is 4.68 Å². The zero-order valence-electron chi connectivity index (χ0n) is 19.6. The summed E-state index contributed by atoms with van der Waals surface area (Å²) in [6.07, 6.45) is 0. The molecular weight excluding hydrogens is 450 g/mol. The van der Waals surface area contributed by atoms with Crippen molar-refractivity contribution < 1.29 is 19.0 Å². The summed E-state index contributed by atoms with van der Waals surface area (Å²) >= 11 is 0. The standard InChI is InChI=1S/C24H29N7O4/c1-33-21-16-19(29-8-12-34-13-9-29)6-7-20(21)26-24-27-23(25)31(28-24)18-4-2-17(3-5-18)22(32)30-10-14-35-15-11-30/h2-7,16H,8-15H2,1H3,(H3,25,26,27,28). The van der Waals surface area contributed by atoms with Gasteiger partial charge in [-0.2, -0.15) is 9.67 Å². The molecule has 3 N–H and O–H groups in total. The lowest BCUT2D eigenvalue weighted by Crippen LogP contribution is -2.40. The summed E-state index contributed by atoms with van der Waals surface area (Å²) in [4.78, 5) is 21.1. The SMILES string of the molecule is COc1cc(N2CCOCC2)ccc1Nc1nc(N)n(-c2ccc(C(=O)N3CCOCC3)cc2)n1. The van der Waals surface area contributed by atoms with Crippen LogP contribution in [0.5, 0.6) is 5.75 Å². The number of rotatable bonds is 6. The maximum Gasteiger partial charge on any atom is 0.254 e. The predicted molar refractivity (Wildman–Crippen MR) is 132 cm³/mol. The number of anilines is 4. The Morgan fingerprint density at radius 2 is 1.63 bits per heavy atom.